The molecule has 0 saturated carbocycles. The van der Waals surface area contributed by atoms with Crippen LogP contribution in [0.5, 0.6) is 11.5 Å². The van der Waals surface area contributed by atoms with Gasteiger partial charge in [-0.1, -0.05) is 6.07 Å². The Bertz CT molecular complexity index is 572. The maximum Gasteiger partial charge on any atom is 0.231 e. The zero-order chi connectivity index (χ0) is 12.4. The smallest absolute Gasteiger partial charge is 0.231 e. The van der Waals surface area contributed by atoms with Crippen molar-refractivity contribution in [1.82, 2.24) is 9.97 Å². The summed E-state index contributed by atoms with van der Waals surface area (Å²) in [6.45, 7) is 2.89. The van der Waals surface area contributed by atoms with E-state index in [2.05, 4.69) is 15.3 Å². The lowest BCUT2D eigenvalue weighted by molar-refractivity contribution is 0.174. The van der Waals surface area contributed by atoms with Gasteiger partial charge in [0.15, 0.2) is 11.5 Å². The number of anilines is 1. The van der Waals surface area contributed by atoms with E-state index in [9.17, 15) is 0 Å². The third kappa shape index (κ3) is 2.20. The second kappa shape index (κ2) is 4.52. The lowest BCUT2D eigenvalue weighted by Gasteiger charge is -2.06. The van der Waals surface area contributed by atoms with Crippen LogP contribution < -0.4 is 14.8 Å². The standard InChI is InChI=1S/C13H13N3O2/c1-9-4-5-14-13(16-9)15-7-10-2-3-11-12(6-10)18-8-17-11/h2-6H,7-8H2,1H3,(H,14,15,16). The van der Waals surface area contributed by atoms with Crippen molar-refractivity contribution in [3.05, 3.63) is 41.7 Å². The number of hydrogen-bond donors (Lipinski definition) is 1. The van der Waals surface area contributed by atoms with Gasteiger partial charge in [0.25, 0.3) is 0 Å². The Kier molecular flexibility index (Phi) is 2.72. The first kappa shape index (κ1) is 10.8. The quantitative estimate of drug-likeness (QED) is 0.894. The van der Waals surface area contributed by atoms with Crippen LogP contribution in [0.25, 0.3) is 0 Å². The number of nitrogens with zero attached hydrogens (tertiary/aromatic N) is 2. The molecule has 18 heavy (non-hydrogen) atoms. The number of aryl methyl sites for hydroxylation is 1. The van der Waals surface area contributed by atoms with Gasteiger partial charge in [-0.15, -0.1) is 0 Å². The molecule has 0 fully saturated rings. The zero-order valence-electron chi connectivity index (χ0n) is 10.0. The lowest BCUT2D eigenvalue weighted by Crippen LogP contribution is -2.03. The van der Waals surface area contributed by atoms with Crippen LogP contribution in [0.3, 0.4) is 0 Å². The highest BCUT2D eigenvalue weighted by Crippen LogP contribution is 2.32. The average Bonchev–Trinajstić information content (AvgIpc) is 2.84. The molecule has 1 aliphatic heterocycles. The SMILES string of the molecule is Cc1ccnc(NCc2ccc3c(c2)OCO3)n1. The minimum Gasteiger partial charge on any atom is -0.454 e. The van der Waals surface area contributed by atoms with Gasteiger partial charge in [0, 0.05) is 18.4 Å². The minimum atomic E-state index is 0.299. The van der Waals surface area contributed by atoms with Crippen LogP contribution in [0.2, 0.25) is 0 Å². The Balaban J connectivity index is 1.70. The van der Waals surface area contributed by atoms with Crippen LogP contribution in [0.15, 0.2) is 30.5 Å². The largest absolute Gasteiger partial charge is 0.454 e. The van der Waals surface area contributed by atoms with Crippen LogP contribution in [-0.4, -0.2) is 16.8 Å². The van der Waals surface area contributed by atoms with Crippen LogP contribution in [0, 0.1) is 6.92 Å². The van der Waals surface area contributed by atoms with Crippen LogP contribution >= 0.6 is 0 Å². The molecule has 2 heterocycles. The van der Waals surface area contributed by atoms with E-state index >= 15 is 0 Å². The van der Waals surface area contributed by atoms with Gasteiger partial charge in [-0.3, -0.25) is 0 Å². The van der Waals surface area contributed by atoms with Gasteiger partial charge in [-0.05, 0) is 30.7 Å². The zero-order valence-corrected chi connectivity index (χ0v) is 10.0. The van der Waals surface area contributed by atoms with Gasteiger partial charge in [0.1, 0.15) is 0 Å². The van der Waals surface area contributed by atoms with Crippen molar-refractivity contribution in [3.8, 4) is 11.5 Å². The Morgan fingerprint density at radius 1 is 1.22 bits per heavy atom. The van der Waals surface area contributed by atoms with E-state index in [0.29, 0.717) is 19.3 Å². The Morgan fingerprint density at radius 3 is 3.00 bits per heavy atom. The van der Waals surface area contributed by atoms with Crippen LogP contribution in [-0.2, 0) is 6.54 Å². The van der Waals surface area contributed by atoms with Gasteiger partial charge >= 0.3 is 0 Å². The molecule has 5 nitrogen and oxygen atoms in total. The number of rotatable bonds is 3. The predicted molar refractivity (Wildman–Crippen MR) is 66.7 cm³/mol. The number of benzene rings is 1. The van der Waals surface area contributed by atoms with Crippen molar-refractivity contribution in [2.45, 2.75) is 13.5 Å². The van der Waals surface area contributed by atoms with E-state index in [1.807, 2.05) is 31.2 Å². The molecule has 0 amide bonds. The van der Waals surface area contributed by atoms with E-state index in [1.165, 1.54) is 0 Å². The van der Waals surface area contributed by atoms with Gasteiger partial charge in [-0.25, -0.2) is 9.97 Å². The summed E-state index contributed by atoms with van der Waals surface area (Å²) in [5.74, 6) is 2.22. The van der Waals surface area contributed by atoms with Gasteiger partial charge in [-0.2, -0.15) is 0 Å². The Morgan fingerprint density at radius 2 is 2.11 bits per heavy atom. The maximum absolute atomic E-state index is 5.33. The predicted octanol–water partition coefficient (Wildman–Crippen LogP) is 2.13. The maximum atomic E-state index is 5.33. The summed E-state index contributed by atoms with van der Waals surface area (Å²) in [5, 5.41) is 3.17. The summed E-state index contributed by atoms with van der Waals surface area (Å²) in [5.41, 5.74) is 2.04. The molecule has 0 radical (unpaired) electrons. The van der Waals surface area contributed by atoms with Crippen molar-refractivity contribution in [3.63, 3.8) is 0 Å². The molecule has 1 aromatic carbocycles. The van der Waals surface area contributed by atoms with Crippen LogP contribution in [0.4, 0.5) is 5.95 Å². The fraction of sp³-hybridized carbons (Fsp3) is 0.231. The number of nitrogens with one attached hydrogen (secondary N) is 1. The van der Waals surface area contributed by atoms with Gasteiger partial charge < -0.3 is 14.8 Å². The second-order valence-electron chi connectivity index (χ2n) is 4.06. The molecule has 0 bridgehead atoms. The summed E-state index contributed by atoms with van der Waals surface area (Å²) < 4.78 is 10.6. The monoisotopic (exact) mass is 243 g/mol. The first-order chi connectivity index (χ1) is 8.81. The van der Waals surface area contributed by atoms with E-state index in [-0.39, 0.29) is 0 Å². The molecule has 0 unspecified atom stereocenters. The molecule has 3 rings (SSSR count). The molecule has 92 valence electrons. The summed E-state index contributed by atoms with van der Waals surface area (Å²) in [4.78, 5) is 8.43. The average molecular weight is 243 g/mol. The highest BCUT2D eigenvalue weighted by Gasteiger charge is 2.12. The van der Waals surface area contributed by atoms with E-state index in [4.69, 9.17) is 9.47 Å². The minimum absolute atomic E-state index is 0.299. The van der Waals surface area contributed by atoms with E-state index in [1.54, 1.807) is 6.20 Å². The van der Waals surface area contributed by atoms with E-state index < -0.39 is 0 Å². The number of aromatic nitrogens is 2. The molecule has 0 saturated heterocycles. The fourth-order valence-corrected chi connectivity index (χ4v) is 1.77. The molecule has 1 aliphatic rings. The molecule has 1 aromatic heterocycles. The normalized spacial score (nSPS) is 12.5. The number of hydrogen-bond acceptors (Lipinski definition) is 5. The van der Waals surface area contributed by atoms with Crippen molar-refractivity contribution >= 4 is 5.95 Å². The molecule has 0 aliphatic carbocycles. The Labute approximate surface area is 105 Å². The first-order valence-electron chi connectivity index (χ1n) is 5.73. The third-order valence-electron chi connectivity index (χ3n) is 2.68. The second-order valence-corrected chi connectivity index (χ2v) is 4.06. The number of fused-ring (bicyclic) bond motifs is 1. The molecular formula is C13H13N3O2. The third-order valence-corrected chi connectivity index (χ3v) is 2.68. The first-order valence-corrected chi connectivity index (χ1v) is 5.73. The summed E-state index contributed by atoms with van der Waals surface area (Å²) >= 11 is 0. The Hall–Kier alpha value is -2.30. The molecule has 0 spiro atoms. The van der Waals surface area contributed by atoms with Crippen molar-refractivity contribution in [2.24, 2.45) is 0 Å². The molecule has 1 N–H and O–H groups in total. The topological polar surface area (TPSA) is 56.3 Å². The molecule has 0 atom stereocenters. The fourth-order valence-electron chi connectivity index (χ4n) is 1.77. The van der Waals surface area contributed by atoms with Crippen molar-refractivity contribution in [2.75, 3.05) is 12.1 Å². The van der Waals surface area contributed by atoms with Gasteiger partial charge in [0.2, 0.25) is 12.7 Å². The van der Waals surface area contributed by atoms with Crippen LogP contribution in [0.1, 0.15) is 11.3 Å². The lowest BCUT2D eigenvalue weighted by atomic mass is 10.2. The van der Waals surface area contributed by atoms with E-state index in [0.717, 1.165) is 22.8 Å². The van der Waals surface area contributed by atoms with Crippen molar-refractivity contribution in [1.29, 1.82) is 0 Å². The summed E-state index contributed by atoms with van der Waals surface area (Å²) in [6.07, 6.45) is 1.74. The molecule has 2 aromatic rings. The van der Waals surface area contributed by atoms with Gasteiger partial charge in [0.05, 0.1) is 0 Å². The van der Waals surface area contributed by atoms with Crippen molar-refractivity contribution < 1.29 is 9.47 Å². The molecular weight excluding hydrogens is 230 g/mol. The number of ether oxygens (including phenoxy) is 2. The summed E-state index contributed by atoms with van der Waals surface area (Å²) in [6, 6.07) is 7.74. The summed E-state index contributed by atoms with van der Waals surface area (Å²) in [7, 11) is 0. The molecule has 5 heteroatoms. The highest BCUT2D eigenvalue weighted by molar-refractivity contribution is 5.45. The highest BCUT2D eigenvalue weighted by atomic mass is 16.7.